The van der Waals surface area contributed by atoms with Gasteiger partial charge in [-0.25, -0.2) is 4.39 Å². The van der Waals surface area contributed by atoms with Crippen LogP contribution in [0.4, 0.5) is 4.39 Å². The molecule has 3 rings (SSSR count). The molecule has 2 aromatic rings. The van der Waals surface area contributed by atoms with Gasteiger partial charge in [0.05, 0.1) is 18.2 Å². The molecule has 0 aliphatic carbocycles. The molecule has 0 saturated carbocycles. The summed E-state index contributed by atoms with van der Waals surface area (Å²) in [6, 6.07) is 8.86. The standard InChI is InChI=1S/C23H26BrFN2O4/c1-3-12-31-21-19(24)13-16(14-20(21)30-2)23(29)27-10-8-18(9-11-27)26-22(28)15-4-6-17(25)7-5-15/h4-7,13-14,18H,3,8-12H2,1-2H3,(H,26,28). The molecule has 0 atom stereocenters. The Morgan fingerprint density at radius 2 is 1.84 bits per heavy atom. The highest BCUT2D eigenvalue weighted by Gasteiger charge is 2.26. The number of hydrogen-bond donors (Lipinski definition) is 1. The molecule has 0 spiro atoms. The Balaban J connectivity index is 1.60. The summed E-state index contributed by atoms with van der Waals surface area (Å²) >= 11 is 3.48. The third kappa shape index (κ3) is 5.76. The second-order valence-corrected chi connectivity index (χ2v) is 8.24. The minimum atomic E-state index is -0.378. The largest absolute Gasteiger partial charge is 0.493 e. The van der Waals surface area contributed by atoms with Gasteiger partial charge in [0.25, 0.3) is 11.8 Å². The van der Waals surface area contributed by atoms with Crippen molar-refractivity contribution in [2.75, 3.05) is 26.8 Å². The highest BCUT2D eigenvalue weighted by atomic mass is 79.9. The molecule has 6 nitrogen and oxygen atoms in total. The number of hydrogen-bond acceptors (Lipinski definition) is 4. The van der Waals surface area contributed by atoms with Gasteiger partial charge < -0.3 is 19.7 Å². The molecule has 1 aliphatic rings. The fraction of sp³-hybridized carbons (Fsp3) is 0.391. The lowest BCUT2D eigenvalue weighted by atomic mass is 10.0. The molecule has 1 heterocycles. The first-order valence-corrected chi connectivity index (χ1v) is 11.1. The minimum Gasteiger partial charge on any atom is -0.493 e. The van der Waals surface area contributed by atoms with Gasteiger partial charge in [-0.05, 0) is 71.6 Å². The Kier molecular flexibility index (Phi) is 7.90. The van der Waals surface area contributed by atoms with Gasteiger partial charge in [-0.3, -0.25) is 9.59 Å². The first kappa shape index (κ1) is 23.1. The van der Waals surface area contributed by atoms with Crippen molar-refractivity contribution in [1.82, 2.24) is 10.2 Å². The van der Waals surface area contributed by atoms with E-state index in [1.807, 2.05) is 6.92 Å². The van der Waals surface area contributed by atoms with Crippen molar-refractivity contribution in [1.29, 1.82) is 0 Å². The smallest absolute Gasteiger partial charge is 0.254 e. The summed E-state index contributed by atoms with van der Waals surface area (Å²) < 4.78 is 24.8. The van der Waals surface area contributed by atoms with Crippen molar-refractivity contribution in [2.45, 2.75) is 32.2 Å². The number of carbonyl (C=O) groups excluding carboxylic acids is 2. The maximum Gasteiger partial charge on any atom is 0.254 e. The minimum absolute atomic E-state index is 0.0345. The zero-order valence-electron chi connectivity index (χ0n) is 17.6. The van der Waals surface area contributed by atoms with Crippen molar-refractivity contribution in [3.63, 3.8) is 0 Å². The number of rotatable bonds is 7. The summed E-state index contributed by atoms with van der Waals surface area (Å²) in [5, 5.41) is 2.96. The molecule has 1 saturated heterocycles. The first-order chi connectivity index (χ1) is 14.9. The van der Waals surface area contributed by atoms with Crippen LogP contribution in [-0.2, 0) is 0 Å². The summed E-state index contributed by atoms with van der Waals surface area (Å²) in [6.07, 6.45) is 2.16. The Morgan fingerprint density at radius 1 is 1.16 bits per heavy atom. The van der Waals surface area contributed by atoms with Crippen molar-refractivity contribution in [3.05, 3.63) is 57.8 Å². The van der Waals surface area contributed by atoms with Crippen LogP contribution in [0.5, 0.6) is 11.5 Å². The molecule has 0 unspecified atom stereocenters. The monoisotopic (exact) mass is 492 g/mol. The number of benzene rings is 2. The number of amides is 2. The van der Waals surface area contributed by atoms with Crippen LogP contribution in [0.1, 0.15) is 46.9 Å². The van der Waals surface area contributed by atoms with E-state index in [0.717, 1.165) is 6.42 Å². The number of halogens is 2. The lowest BCUT2D eigenvalue weighted by Gasteiger charge is -2.32. The van der Waals surface area contributed by atoms with E-state index >= 15 is 0 Å². The van der Waals surface area contributed by atoms with Gasteiger partial charge in [0.15, 0.2) is 11.5 Å². The first-order valence-electron chi connectivity index (χ1n) is 10.3. The highest BCUT2D eigenvalue weighted by Crippen LogP contribution is 2.37. The van der Waals surface area contributed by atoms with Crippen LogP contribution < -0.4 is 14.8 Å². The highest BCUT2D eigenvalue weighted by molar-refractivity contribution is 9.10. The molecule has 0 bridgehead atoms. The van der Waals surface area contributed by atoms with Crippen molar-refractivity contribution >= 4 is 27.7 Å². The van der Waals surface area contributed by atoms with E-state index in [1.54, 1.807) is 24.1 Å². The molecule has 166 valence electrons. The fourth-order valence-corrected chi connectivity index (χ4v) is 4.02. The van der Waals surface area contributed by atoms with Gasteiger partial charge in [-0.1, -0.05) is 6.92 Å². The summed E-state index contributed by atoms with van der Waals surface area (Å²) in [5.74, 6) is 0.387. The lowest BCUT2D eigenvalue weighted by molar-refractivity contribution is 0.0697. The van der Waals surface area contributed by atoms with Crippen molar-refractivity contribution < 1.29 is 23.5 Å². The van der Waals surface area contributed by atoms with E-state index in [-0.39, 0.29) is 23.7 Å². The van der Waals surface area contributed by atoms with E-state index < -0.39 is 0 Å². The number of nitrogens with zero attached hydrogens (tertiary/aromatic N) is 1. The third-order valence-corrected chi connectivity index (χ3v) is 5.74. The molecular weight excluding hydrogens is 467 g/mol. The average molecular weight is 493 g/mol. The van der Waals surface area contributed by atoms with E-state index in [2.05, 4.69) is 21.2 Å². The van der Waals surface area contributed by atoms with Gasteiger partial charge in [-0.15, -0.1) is 0 Å². The molecule has 0 aromatic heterocycles. The van der Waals surface area contributed by atoms with E-state index in [4.69, 9.17) is 9.47 Å². The van der Waals surface area contributed by atoms with E-state index in [9.17, 15) is 14.0 Å². The number of piperidine rings is 1. The molecule has 2 amide bonds. The van der Waals surface area contributed by atoms with Crippen LogP contribution in [-0.4, -0.2) is 49.6 Å². The van der Waals surface area contributed by atoms with Gasteiger partial charge in [0, 0.05) is 30.3 Å². The molecule has 1 N–H and O–H groups in total. The number of likely N-dealkylation sites (tertiary alicyclic amines) is 1. The zero-order chi connectivity index (χ0) is 22.4. The predicted molar refractivity (Wildman–Crippen MR) is 119 cm³/mol. The molecule has 31 heavy (non-hydrogen) atoms. The number of ether oxygens (including phenoxy) is 2. The summed E-state index contributed by atoms with van der Waals surface area (Å²) in [5.41, 5.74) is 0.934. The fourth-order valence-electron chi connectivity index (χ4n) is 3.47. The maximum atomic E-state index is 13.0. The van der Waals surface area contributed by atoms with Crippen LogP contribution in [0, 0.1) is 5.82 Å². The lowest BCUT2D eigenvalue weighted by Crippen LogP contribution is -2.46. The van der Waals surface area contributed by atoms with Gasteiger partial charge in [-0.2, -0.15) is 0 Å². The summed E-state index contributed by atoms with van der Waals surface area (Å²) in [4.78, 5) is 27.1. The average Bonchev–Trinajstić information content (AvgIpc) is 2.78. The second-order valence-electron chi connectivity index (χ2n) is 7.38. The Morgan fingerprint density at radius 3 is 2.45 bits per heavy atom. The van der Waals surface area contributed by atoms with Crippen LogP contribution >= 0.6 is 15.9 Å². The SMILES string of the molecule is CCCOc1c(Br)cc(C(=O)N2CCC(NC(=O)c3ccc(F)cc3)CC2)cc1OC. The third-order valence-electron chi connectivity index (χ3n) is 5.15. The second kappa shape index (κ2) is 10.6. The Bertz CT molecular complexity index is 928. The molecule has 1 aliphatic heterocycles. The van der Waals surface area contributed by atoms with Crippen LogP contribution in [0.2, 0.25) is 0 Å². The van der Waals surface area contributed by atoms with Gasteiger partial charge in [0.1, 0.15) is 5.82 Å². The van der Waals surface area contributed by atoms with Crippen molar-refractivity contribution in [2.24, 2.45) is 0 Å². The van der Waals surface area contributed by atoms with Crippen LogP contribution in [0.15, 0.2) is 40.9 Å². The zero-order valence-corrected chi connectivity index (χ0v) is 19.2. The normalized spacial score (nSPS) is 14.3. The summed E-state index contributed by atoms with van der Waals surface area (Å²) in [6.45, 7) is 3.63. The molecular formula is C23H26BrFN2O4. The quantitative estimate of drug-likeness (QED) is 0.620. The van der Waals surface area contributed by atoms with Crippen LogP contribution in [0.25, 0.3) is 0 Å². The molecule has 2 aromatic carbocycles. The molecule has 1 fully saturated rings. The van der Waals surface area contributed by atoms with Gasteiger partial charge >= 0.3 is 0 Å². The number of carbonyl (C=O) groups is 2. The van der Waals surface area contributed by atoms with Crippen molar-refractivity contribution in [3.8, 4) is 11.5 Å². The Labute approximate surface area is 189 Å². The van der Waals surface area contributed by atoms with Crippen LogP contribution in [0.3, 0.4) is 0 Å². The van der Waals surface area contributed by atoms with E-state index in [1.165, 1.54) is 24.3 Å². The number of methoxy groups -OCH3 is 1. The number of nitrogens with one attached hydrogen (secondary N) is 1. The molecule has 0 radical (unpaired) electrons. The summed E-state index contributed by atoms with van der Waals surface area (Å²) in [7, 11) is 1.55. The molecule has 8 heteroatoms. The topological polar surface area (TPSA) is 67.9 Å². The maximum absolute atomic E-state index is 13.0. The van der Waals surface area contributed by atoms with E-state index in [0.29, 0.717) is 59.6 Å². The Hall–Kier alpha value is -2.61. The van der Waals surface area contributed by atoms with Gasteiger partial charge in [0.2, 0.25) is 0 Å². The predicted octanol–water partition coefficient (Wildman–Crippen LogP) is 4.42.